The number of tetrazole rings is 1. The maximum atomic E-state index is 9.90. The number of nitrogens with zero attached hydrogens (tertiary/aromatic N) is 5. The van der Waals surface area contributed by atoms with Crippen molar-refractivity contribution in [2.24, 2.45) is 5.41 Å². The fourth-order valence-corrected chi connectivity index (χ4v) is 3.18. The van der Waals surface area contributed by atoms with Gasteiger partial charge in [-0.15, -0.1) is 5.10 Å². The van der Waals surface area contributed by atoms with Gasteiger partial charge < -0.3 is 10.0 Å². The first-order valence-electron chi connectivity index (χ1n) is 8.24. The zero-order valence-electron chi connectivity index (χ0n) is 14.1. The summed E-state index contributed by atoms with van der Waals surface area (Å²) in [6.45, 7) is 10.5. The highest BCUT2D eigenvalue weighted by molar-refractivity contribution is 5.00. The van der Waals surface area contributed by atoms with Crippen molar-refractivity contribution in [3.8, 4) is 0 Å². The van der Waals surface area contributed by atoms with Gasteiger partial charge in [0.15, 0.2) is 0 Å². The number of allylic oxidation sites excluding steroid dienone is 2. The highest BCUT2D eigenvalue weighted by Gasteiger charge is 2.33. The van der Waals surface area contributed by atoms with Gasteiger partial charge in [-0.05, 0) is 70.0 Å². The summed E-state index contributed by atoms with van der Waals surface area (Å²) in [6.07, 6.45) is 6.57. The summed E-state index contributed by atoms with van der Waals surface area (Å²) in [5, 5.41) is 21.5. The van der Waals surface area contributed by atoms with E-state index in [1.165, 1.54) is 12.0 Å². The highest BCUT2D eigenvalue weighted by Crippen LogP contribution is 2.33. The molecule has 1 atom stereocenters. The van der Waals surface area contributed by atoms with Gasteiger partial charge in [0.2, 0.25) is 0 Å². The van der Waals surface area contributed by atoms with Crippen LogP contribution in [-0.4, -0.2) is 56.5 Å². The molecule has 6 nitrogen and oxygen atoms in total. The van der Waals surface area contributed by atoms with Crippen molar-refractivity contribution in [1.82, 2.24) is 25.1 Å². The van der Waals surface area contributed by atoms with E-state index in [0.29, 0.717) is 0 Å². The van der Waals surface area contributed by atoms with Gasteiger partial charge in [-0.1, -0.05) is 11.6 Å². The third kappa shape index (κ3) is 4.61. The molecule has 0 amide bonds. The second-order valence-electron chi connectivity index (χ2n) is 6.83. The molecule has 1 aromatic heterocycles. The third-order valence-electron chi connectivity index (χ3n) is 4.57. The molecule has 0 aliphatic carbocycles. The first kappa shape index (κ1) is 17.1. The molecule has 6 heteroatoms. The van der Waals surface area contributed by atoms with E-state index < -0.39 is 0 Å². The molecule has 124 valence electrons. The van der Waals surface area contributed by atoms with Crippen LogP contribution >= 0.6 is 0 Å². The van der Waals surface area contributed by atoms with Gasteiger partial charge in [-0.25, -0.2) is 4.68 Å². The van der Waals surface area contributed by atoms with E-state index in [4.69, 9.17) is 0 Å². The van der Waals surface area contributed by atoms with Crippen molar-refractivity contribution in [2.75, 3.05) is 26.2 Å². The zero-order chi connectivity index (χ0) is 16.0. The molecule has 1 N–H and O–H groups in total. The van der Waals surface area contributed by atoms with Crippen molar-refractivity contribution in [1.29, 1.82) is 0 Å². The molecule has 1 aromatic rings. The Kier molecular flexibility index (Phi) is 6.08. The standard InChI is InChI=1S/C16H29N5O/c1-14(2)6-8-16(13-22)7-4-9-20(12-16)10-5-11-21-15(3)17-18-19-21/h6,22H,4-5,7-13H2,1-3H3. The van der Waals surface area contributed by atoms with Crippen LogP contribution in [0.4, 0.5) is 0 Å². The number of hydrogen-bond acceptors (Lipinski definition) is 5. The van der Waals surface area contributed by atoms with Gasteiger partial charge in [-0.3, -0.25) is 0 Å². The molecular weight excluding hydrogens is 278 g/mol. The summed E-state index contributed by atoms with van der Waals surface area (Å²) in [5.41, 5.74) is 1.37. The maximum absolute atomic E-state index is 9.90. The lowest BCUT2D eigenvalue weighted by molar-refractivity contribution is 0.0332. The quantitative estimate of drug-likeness (QED) is 0.778. The van der Waals surface area contributed by atoms with E-state index >= 15 is 0 Å². The van der Waals surface area contributed by atoms with E-state index in [1.54, 1.807) is 0 Å². The normalized spacial score (nSPS) is 22.7. The number of likely N-dealkylation sites (tertiary alicyclic amines) is 1. The lowest BCUT2D eigenvalue weighted by Gasteiger charge is -2.41. The van der Waals surface area contributed by atoms with Gasteiger partial charge in [-0.2, -0.15) is 0 Å². The molecule has 1 aliphatic heterocycles. The Hall–Kier alpha value is -1.27. The number of aliphatic hydroxyl groups excluding tert-OH is 1. The predicted octanol–water partition coefficient (Wildman–Crippen LogP) is 1.80. The summed E-state index contributed by atoms with van der Waals surface area (Å²) in [5.74, 6) is 0.868. The second kappa shape index (κ2) is 7.83. The minimum Gasteiger partial charge on any atom is -0.396 e. The fourth-order valence-electron chi connectivity index (χ4n) is 3.18. The average molecular weight is 307 g/mol. The monoisotopic (exact) mass is 307 g/mol. The molecule has 1 fully saturated rings. The van der Waals surface area contributed by atoms with Crippen molar-refractivity contribution >= 4 is 0 Å². The van der Waals surface area contributed by atoms with E-state index in [-0.39, 0.29) is 12.0 Å². The van der Waals surface area contributed by atoms with E-state index in [9.17, 15) is 5.11 Å². The lowest BCUT2D eigenvalue weighted by atomic mass is 9.77. The van der Waals surface area contributed by atoms with Crippen LogP contribution in [-0.2, 0) is 6.54 Å². The summed E-state index contributed by atoms with van der Waals surface area (Å²) in [7, 11) is 0. The van der Waals surface area contributed by atoms with Crippen LogP contribution in [0.1, 0.15) is 45.4 Å². The van der Waals surface area contributed by atoms with Gasteiger partial charge in [0.1, 0.15) is 5.82 Å². The molecule has 22 heavy (non-hydrogen) atoms. The van der Waals surface area contributed by atoms with Crippen LogP contribution in [0.5, 0.6) is 0 Å². The van der Waals surface area contributed by atoms with Gasteiger partial charge >= 0.3 is 0 Å². The first-order chi connectivity index (χ1) is 10.5. The van der Waals surface area contributed by atoms with Crippen LogP contribution < -0.4 is 0 Å². The number of hydrogen-bond donors (Lipinski definition) is 1. The SMILES string of the molecule is CC(C)=CCC1(CO)CCCN(CCCn2nnnc2C)C1. The Labute approximate surface area is 133 Å². The molecule has 2 heterocycles. The molecule has 2 rings (SSSR count). The summed E-state index contributed by atoms with van der Waals surface area (Å²) < 4.78 is 1.85. The molecular formula is C16H29N5O. The van der Waals surface area contributed by atoms with Crippen LogP contribution in [0.25, 0.3) is 0 Å². The number of aryl methyl sites for hydroxylation is 2. The second-order valence-corrected chi connectivity index (χ2v) is 6.83. The molecule has 1 unspecified atom stereocenters. The summed E-state index contributed by atoms with van der Waals surface area (Å²) >= 11 is 0. The predicted molar refractivity (Wildman–Crippen MR) is 86.4 cm³/mol. The summed E-state index contributed by atoms with van der Waals surface area (Å²) in [4.78, 5) is 2.48. The molecule has 0 radical (unpaired) electrons. The number of aromatic nitrogens is 4. The van der Waals surface area contributed by atoms with Gasteiger partial charge in [0, 0.05) is 18.5 Å². The molecule has 0 spiro atoms. The Balaban J connectivity index is 1.84. The number of piperidine rings is 1. The zero-order valence-corrected chi connectivity index (χ0v) is 14.1. The van der Waals surface area contributed by atoms with Crippen molar-refractivity contribution in [3.63, 3.8) is 0 Å². The topological polar surface area (TPSA) is 67.1 Å². The van der Waals surface area contributed by atoms with E-state index in [0.717, 1.165) is 51.3 Å². The fraction of sp³-hybridized carbons (Fsp3) is 0.812. The Bertz CT molecular complexity index is 494. The average Bonchev–Trinajstić information content (AvgIpc) is 2.91. The minimum atomic E-state index is 0.0419. The van der Waals surface area contributed by atoms with Crippen molar-refractivity contribution < 1.29 is 5.11 Å². The molecule has 0 saturated carbocycles. The van der Waals surface area contributed by atoms with Crippen molar-refractivity contribution in [3.05, 3.63) is 17.5 Å². The molecule has 1 aliphatic rings. The van der Waals surface area contributed by atoms with Crippen molar-refractivity contribution in [2.45, 2.75) is 53.0 Å². The molecule has 0 bridgehead atoms. The third-order valence-corrected chi connectivity index (χ3v) is 4.57. The van der Waals surface area contributed by atoms with E-state index in [1.807, 2.05) is 11.6 Å². The van der Waals surface area contributed by atoms with Crippen LogP contribution in [0.15, 0.2) is 11.6 Å². The number of rotatable bonds is 7. The summed E-state index contributed by atoms with van der Waals surface area (Å²) in [6, 6.07) is 0. The van der Waals surface area contributed by atoms with Crippen LogP contribution in [0.3, 0.4) is 0 Å². The molecule has 1 saturated heterocycles. The number of aliphatic hydroxyl groups is 1. The van der Waals surface area contributed by atoms with E-state index in [2.05, 4.69) is 40.3 Å². The maximum Gasteiger partial charge on any atom is 0.148 e. The minimum absolute atomic E-state index is 0.0419. The lowest BCUT2D eigenvalue weighted by Crippen LogP contribution is -2.45. The Morgan fingerprint density at radius 2 is 2.18 bits per heavy atom. The van der Waals surface area contributed by atoms with Crippen LogP contribution in [0.2, 0.25) is 0 Å². The first-order valence-corrected chi connectivity index (χ1v) is 8.24. The Morgan fingerprint density at radius 3 is 2.82 bits per heavy atom. The molecule has 0 aromatic carbocycles. The Morgan fingerprint density at radius 1 is 1.36 bits per heavy atom. The highest BCUT2D eigenvalue weighted by atomic mass is 16.3. The van der Waals surface area contributed by atoms with Gasteiger partial charge in [0.05, 0.1) is 6.61 Å². The largest absolute Gasteiger partial charge is 0.396 e. The smallest absolute Gasteiger partial charge is 0.148 e. The van der Waals surface area contributed by atoms with Crippen LogP contribution in [0, 0.1) is 12.3 Å². The van der Waals surface area contributed by atoms with Gasteiger partial charge in [0.25, 0.3) is 0 Å².